The first-order valence-corrected chi connectivity index (χ1v) is 5.84. The highest BCUT2D eigenvalue weighted by molar-refractivity contribution is 5.39. The second-order valence-corrected chi connectivity index (χ2v) is 6.39. The smallest absolute Gasteiger partial charge is 0.0530 e. The first-order chi connectivity index (χ1) is 6.76. The van der Waals surface area contributed by atoms with Gasteiger partial charge in [-0.25, -0.2) is 0 Å². The SMILES string of the molecule is CC(C)n1ncc2c1C(C)(C)CC2(C)C. The van der Waals surface area contributed by atoms with Gasteiger partial charge in [-0.05, 0) is 31.2 Å². The molecular formula is C13H22N2. The van der Waals surface area contributed by atoms with Crippen molar-refractivity contribution in [3.8, 4) is 0 Å². The van der Waals surface area contributed by atoms with Crippen LogP contribution >= 0.6 is 0 Å². The van der Waals surface area contributed by atoms with Crippen LogP contribution < -0.4 is 0 Å². The third-order valence-corrected chi connectivity index (χ3v) is 3.54. The Morgan fingerprint density at radius 3 is 2.33 bits per heavy atom. The summed E-state index contributed by atoms with van der Waals surface area (Å²) in [7, 11) is 0. The number of aromatic nitrogens is 2. The Kier molecular flexibility index (Phi) is 2.05. The predicted octanol–water partition coefficient (Wildman–Crippen LogP) is 3.42. The molecule has 0 bridgehead atoms. The lowest BCUT2D eigenvalue weighted by Gasteiger charge is -2.25. The Morgan fingerprint density at radius 2 is 1.80 bits per heavy atom. The summed E-state index contributed by atoms with van der Waals surface area (Å²) in [6.07, 6.45) is 3.30. The zero-order valence-corrected chi connectivity index (χ0v) is 10.8. The van der Waals surface area contributed by atoms with Crippen molar-refractivity contribution < 1.29 is 0 Å². The van der Waals surface area contributed by atoms with Gasteiger partial charge >= 0.3 is 0 Å². The van der Waals surface area contributed by atoms with E-state index in [1.54, 1.807) is 0 Å². The van der Waals surface area contributed by atoms with Crippen molar-refractivity contribution in [1.82, 2.24) is 9.78 Å². The lowest BCUT2D eigenvalue weighted by Crippen LogP contribution is -2.22. The molecule has 0 atom stereocenters. The normalized spacial score (nSPS) is 22.1. The first kappa shape index (κ1) is 10.7. The van der Waals surface area contributed by atoms with Crippen LogP contribution in [0.5, 0.6) is 0 Å². The summed E-state index contributed by atoms with van der Waals surface area (Å²) >= 11 is 0. The monoisotopic (exact) mass is 206 g/mol. The summed E-state index contributed by atoms with van der Waals surface area (Å²) in [5.74, 6) is 0. The van der Waals surface area contributed by atoms with E-state index in [9.17, 15) is 0 Å². The van der Waals surface area contributed by atoms with Crippen LogP contribution in [-0.4, -0.2) is 9.78 Å². The highest BCUT2D eigenvalue weighted by Crippen LogP contribution is 2.49. The summed E-state index contributed by atoms with van der Waals surface area (Å²) in [4.78, 5) is 0. The molecule has 0 fully saturated rings. The van der Waals surface area contributed by atoms with Crippen LogP contribution in [0.1, 0.15) is 65.3 Å². The van der Waals surface area contributed by atoms with Crippen LogP contribution in [0.3, 0.4) is 0 Å². The summed E-state index contributed by atoms with van der Waals surface area (Å²) in [6, 6.07) is 0.460. The highest BCUT2D eigenvalue weighted by atomic mass is 15.3. The van der Waals surface area contributed by atoms with Gasteiger partial charge in [0.2, 0.25) is 0 Å². The van der Waals surface area contributed by atoms with Gasteiger partial charge in [-0.15, -0.1) is 0 Å². The maximum atomic E-state index is 4.55. The average Bonchev–Trinajstić information content (AvgIpc) is 2.50. The van der Waals surface area contributed by atoms with Crippen molar-refractivity contribution in [2.45, 2.75) is 64.8 Å². The zero-order valence-electron chi connectivity index (χ0n) is 10.8. The minimum Gasteiger partial charge on any atom is -0.266 e. The van der Waals surface area contributed by atoms with Gasteiger partial charge in [-0.2, -0.15) is 5.10 Å². The Hall–Kier alpha value is -0.790. The van der Waals surface area contributed by atoms with Gasteiger partial charge in [0.15, 0.2) is 0 Å². The van der Waals surface area contributed by atoms with E-state index < -0.39 is 0 Å². The van der Waals surface area contributed by atoms with Crippen molar-refractivity contribution in [3.63, 3.8) is 0 Å². The van der Waals surface area contributed by atoms with Crippen molar-refractivity contribution in [2.75, 3.05) is 0 Å². The molecular weight excluding hydrogens is 184 g/mol. The van der Waals surface area contributed by atoms with Crippen LogP contribution in [0, 0.1) is 0 Å². The number of nitrogens with zero attached hydrogens (tertiary/aromatic N) is 2. The maximum Gasteiger partial charge on any atom is 0.0530 e. The Morgan fingerprint density at radius 1 is 1.20 bits per heavy atom. The van der Waals surface area contributed by atoms with E-state index in [-0.39, 0.29) is 10.8 Å². The molecule has 1 aliphatic carbocycles. The zero-order chi connectivity index (χ0) is 11.4. The molecule has 0 radical (unpaired) electrons. The summed E-state index contributed by atoms with van der Waals surface area (Å²) < 4.78 is 2.20. The van der Waals surface area contributed by atoms with Gasteiger partial charge in [-0.3, -0.25) is 4.68 Å². The molecule has 2 nitrogen and oxygen atoms in total. The van der Waals surface area contributed by atoms with Crippen LogP contribution in [0.4, 0.5) is 0 Å². The second-order valence-electron chi connectivity index (χ2n) is 6.39. The van der Waals surface area contributed by atoms with Gasteiger partial charge in [0.1, 0.15) is 0 Å². The fourth-order valence-electron chi connectivity index (χ4n) is 3.21. The van der Waals surface area contributed by atoms with Crippen LogP contribution in [0.2, 0.25) is 0 Å². The summed E-state index contributed by atoms with van der Waals surface area (Å²) in [5.41, 5.74) is 3.44. The van der Waals surface area contributed by atoms with E-state index in [2.05, 4.69) is 57.5 Å². The van der Waals surface area contributed by atoms with E-state index in [1.807, 2.05) is 0 Å². The minimum absolute atomic E-state index is 0.263. The van der Waals surface area contributed by atoms with Gasteiger partial charge in [0.05, 0.1) is 6.20 Å². The molecule has 1 aromatic rings. The van der Waals surface area contributed by atoms with Gasteiger partial charge < -0.3 is 0 Å². The van der Waals surface area contributed by atoms with E-state index in [0.29, 0.717) is 6.04 Å². The molecule has 2 heteroatoms. The fourth-order valence-corrected chi connectivity index (χ4v) is 3.21. The van der Waals surface area contributed by atoms with Crippen LogP contribution in [0.25, 0.3) is 0 Å². The number of hydrogen-bond acceptors (Lipinski definition) is 1. The number of fused-ring (bicyclic) bond motifs is 1. The lowest BCUT2D eigenvalue weighted by atomic mass is 9.82. The molecule has 0 N–H and O–H groups in total. The van der Waals surface area contributed by atoms with E-state index >= 15 is 0 Å². The van der Waals surface area contributed by atoms with Crippen molar-refractivity contribution in [3.05, 3.63) is 17.5 Å². The number of hydrogen-bond donors (Lipinski definition) is 0. The summed E-state index contributed by atoms with van der Waals surface area (Å²) in [5, 5.41) is 4.55. The molecule has 15 heavy (non-hydrogen) atoms. The summed E-state index contributed by atoms with van der Waals surface area (Å²) in [6.45, 7) is 13.7. The second kappa shape index (κ2) is 2.87. The molecule has 0 saturated carbocycles. The molecule has 1 aromatic heterocycles. The van der Waals surface area contributed by atoms with Crippen LogP contribution in [-0.2, 0) is 10.8 Å². The van der Waals surface area contributed by atoms with E-state index in [4.69, 9.17) is 0 Å². The van der Waals surface area contributed by atoms with Crippen molar-refractivity contribution in [1.29, 1.82) is 0 Å². The molecule has 0 unspecified atom stereocenters. The maximum absolute atomic E-state index is 4.55. The third-order valence-electron chi connectivity index (χ3n) is 3.54. The van der Waals surface area contributed by atoms with Gasteiger partial charge in [-0.1, -0.05) is 27.7 Å². The molecule has 0 saturated heterocycles. The van der Waals surface area contributed by atoms with Gasteiger partial charge in [0, 0.05) is 17.2 Å². The minimum atomic E-state index is 0.263. The average molecular weight is 206 g/mol. The first-order valence-electron chi connectivity index (χ1n) is 5.84. The number of rotatable bonds is 1. The van der Waals surface area contributed by atoms with Crippen molar-refractivity contribution >= 4 is 0 Å². The molecule has 0 aliphatic heterocycles. The molecule has 1 aliphatic rings. The lowest BCUT2D eigenvalue weighted by molar-refractivity contribution is 0.370. The predicted molar refractivity (Wildman–Crippen MR) is 63.3 cm³/mol. The van der Waals surface area contributed by atoms with Crippen molar-refractivity contribution in [2.24, 2.45) is 0 Å². The fraction of sp³-hybridized carbons (Fsp3) is 0.769. The Labute approximate surface area is 92.7 Å². The topological polar surface area (TPSA) is 17.8 Å². The molecule has 0 aromatic carbocycles. The molecule has 84 valence electrons. The van der Waals surface area contributed by atoms with E-state index in [0.717, 1.165) is 0 Å². The third kappa shape index (κ3) is 1.42. The molecule has 1 heterocycles. The standard InChI is InChI=1S/C13H22N2/c1-9(2)15-11-10(7-14-15)12(3,4)8-13(11,5)6/h7,9H,8H2,1-6H3. The molecule has 2 rings (SSSR count). The van der Waals surface area contributed by atoms with Crippen LogP contribution in [0.15, 0.2) is 6.20 Å². The molecule has 0 amide bonds. The van der Waals surface area contributed by atoms with E-state index in [1.165, 1.54) is 17.7 Å². The Bertz CT molecular complexity index is 383. The van der Waals surface area contributed by atoms with Gasteiger partial charge in [0.25, 0.3) is 0 Å². The highest BCUT2D eigenvalue weighted by Gasteiger charge is 2.45. The largest absolute Gasteiger partial charge is 0.266 e. The Balaban J connectivity index is 2.63. The molecule has 0 spiro atoms. The quantitative estimate of drug-likeness (QED) is 0.688.